The molecule has 0 amide bonds. The maximum Gasteiger partial charge on any atom is 0.138 e. The lowest BCUT2D eigenvalue weighted by molar-refractivity contribution is 0.637. The molecule has 0 bridgehead atoms. The third-order valence-corrected chi connectivity index (χ3v) is 2.97. The fraction of sp³-hybridized carbons (Fsp3) is 0.182. The molecular weight excluding hydrogens is 259 g/mol. The Morgan fingerprint density at radius 3 is 2.80 bits per heavy atom. The van der Waals surface area contributed by atoms with E-state index in [2.05, 4.69) is 20.9 Å². The first-order chi connectivity index (χ1) is 7.11. The Morgan fingerprint density at radius 1 is 1.40 bits per heavy atom. The van der Waals surface area contributed by atoms with Crippen LogP contribution in [-0.2, 0) is 6.42 Å². The molecule has 4 heteroatoms. The van der Waals surface area contributed by atoms with Gasteiger partial charge in [0, 0.05) is 5.39 Å². The summed E-state index contributed by atoms with van der Waals surface area (Å²) in [7, 11) is 0. The molecule has 1 aromatic heterocycles. The lowest BCUT2D eigenvalue weighted by atomic mass is 10.1. The summed E-state index contributed by atoms with van der Waals surface area (Å²) in [5, 5.41) is 0.494. The van der Waals surface area contributed by atoms with Crippen molar-refractivity contribution in [3.05, 3.63) is 34.1 Å². The average molecular weight is 269 g/mol. The van der Waals surface area contributed by atoms with Crippen molar-refractivity contribution in [2.75, 3.05) is 5.73 Å². The van der Waals surface area contributed by atoms with Crippen LogP contribution in [0.4, 0.5) is 10.2 Å². The summed E-state index contributed by atoms with van der Waals surface area (Å²) in [6.07, 6.45) is 0.782. The minimum Gasteiger partial charge on any atom is -0.383 e. The van der Waals surface area contributed by atoms with E-state index in [9.17, 15) is 4.39 Å². The molecule has 0 atom stereocenters. The second kappa shape index (κ2) is 3.77. The number of rotatable bonds is 1. The Labute approximate surface area is 95.4 Å². The molecule has 0 saturated heterocycles. The number of nitrogens with two attached hydrogens (primary N) is 1. The summed E-state index contributed by atoms with van der Waals surface area (Å²) in [5.41, 5.74) is 7.18. The molecule has 0 spiro atoms. The number of anilines is 1. The molecule has 0 aliphatic heterocycles. The maximum absolute atomic E-state index is 13.6. The Hall–Kier alpha value is -1.16. The van der Waals surface area contributed by atoms with Crippen LogP contribution in [0, 0.1) is 5.82 Å². The zero-order valence-corrected chi connectivity index (χ0v) is 9.81. The van der Waals surface area contributed by atoms with E-state index in [0.717, 1.165) is 12.0 Å². The van der Waals surface area contributed by atoms with Crippen molar-refractivity contribution in [2.24, 2.45) is 0 Å². The van der Waals surface area contributed by atoms with E-state index in [1.54, 1.807) is 6.07 Å². The van der Waals surface area contributed by atoms with E-state index in [-0.39, 0.29) is 5.82 Å². The SMILES string of the molecule is CCc1cc(F)c2cc(Br)c(N)nc2c1. The average Bonchev–Trinajstić information content (AvgIpc) is 2.21. The van der Waals surface area contributed by atoms with Crippen molar-refractivity contribution < 1.29 is 4.39 Å². The number of fused-ring (bicyclic) bond motifs is 1. The van der Waals surface area contributed by atoms with Gasteiger partial charge in [0.1, 0.15) is 11.6 Å². The van der Waals surface area contributed by atoms with Crippen molar-refractivity contribution in [2.45, 2.75) is 13.3 Å². The normalized spacial score (nSPS) is 10.9. The van der Waals surface area contributed by atoms with Crippen LogP contribution in [-0.4, -0.2) is 4.98 Å². The summed E-state index contributed by atoms with van der Waals surface area (Å²) in [5.74, 6) is 0.132. The molecule has 0 aliphatic rings. The fourth-order valence-corrected chi connectivity index (χ4v) is 1.80. The number of aryl methyl sites for hydroxylation is 1. The number of hydrogen-bond acceptors (Lipinski definition) is 2. The maximum atomic E-state index is 13.6. The van der Waals surface area contributed by atoms with Crippen molar-refractivity contribution in [1.29, 1.82) is 0 Å². The Kier molecular flexibility index (Phi) is 2.61. The molecule has 0 fully saturated rings. The molecule has 0 saturated carbocycles. The molecular formula is C11H10BrFN2. The van der Waals surface area contributed by atoms with Crippen LogP contribution in [0.5, 0.6) is 0 Å². The van der Waals surface area contributed by atoms with E-state index >= 15 is 0 Å². The number of aromatic nitrogens is 1. The van der Waals surface area contributed by atoms with Gasteiger partial charge in [-0.3, -0.25) is 0 Å². The Bertz CT molecular complexity index is 525. The lowest BCUT2D eigenvalue weighted by Gasteiger charge is -2.05. The molecule has 2 rings (SSSR count). The molecule has 1 heterocycles. The third-order valence-electron chi connectivity index (χ3n) is 2.33. The van der Waals surface area contributed by atoms with Gasteiger partial charge in [0.05, 0.1) is 9.99 Å². The first kappa shape index (κ1) is 10.4. The standard InChI is InChI=1S/C11H10BrFN2/c1-2-6-3-9(13)7-5-8(12)11(14)15-10(7)4-6/h3-5H,2H2,1H3,(H2,14,15). The molecule has 2 N–H and O–H groups in total. The molecule has 15 heavy (non-hydrogen) atoms. The zero-order valence-electron chi connectivity index (χ0n) is 8.22. The molecule has 1 aromatic carbocycles. The topological polar surface area (TPSA) is 38.9 Å². The Morgan fingerprint density at radius 2 is 2.13 bits per heavy atom. The summed E-state index contributed by atoms with van der Waals surface area (Å²) < 4.78 is 14.3. The number of nitrogens with zero attached hydrogens (tertiary/aromatic N) is 1. The van der Waals surface area contributed by atoms with Crippen molar-refractivity contribution in [3.8, 4) is 0 Å². The van der Waals surface area contributed by atoms with Crippen LogP contribution in [0.1, 0.15) is 12.5 Å². The molecule has 2 nitrogen and oxygen atoms in total. The number of hydrogen-bond donors (Lipinski definition) is 1. The summed E-state index contributed by atoms with van der Waals surface area (Å²) in [4.78, 5) is 4.14. The van der Waals surface area contributed by atoms with E-state index in [1.165, 1.54) is 6.07 Å². The quantitative estimate of drug-likeness (QED) is 0.862. The van der Waals surface area contributed by atoms with Crippen LogP contribution in [0.3, 0.4) is 0 Å². The third kappa shape index (κ3) is 1.81. The van der Waals surface area contributed by atoms with Crippen LogP contribution in [0.15, 0.2) is 22.7 Å². The highest BCUT2D eigenvalue weighted by Crippen LogP contribution is 2.26. The summed E-state index contributed by atoms with van der Waals surface area (Å²) in [6, 6.07) is 5.06. The van der Waals surface area contributed by atoms with E-state index in [4.69, 9.17) is 5.73 Å². The first-order valence-corrected chi connectivity index (χ1v) is 5.45. The van der Waals surface area contributed by atoms with Gasteiger partial charge in [0.2, 0.25) is 0 Å². The largest absolute Gasteiger partial charge is 0.383 e. The molecule has 78 valence electrons. The minimum absolute atomic E-state index is 0.252. The van der Waals surface area contributed by atoms with Gasteiger partial charge in [-0.2, -0.15) is 0 Å². The highest BCUT2D eigenvalue weighted by molar-refractivity contribution is 9.10. The predicted molar refractivity (Wildman–Crippen MR) is 63.2 cm³/mol. The van der Waals surface area contributed by atoms with Crippen molar-refractivity contribution in [3.63, 3.8) is 0 Å². The Balaban J connectivity index is 2.80. The highest BCUT2D eigenvalue weighted by atomic mass is 79.9. The lowest BCUT2D eigenvalue weighted by Crippen LogP contribution is -1.95. The second-order valence-electron chi connectivity index (χ2n) is 3.35. The monoisotopic (exact) mass is 268 g/mol. The van der Waals surface area contributed by atoms with Crippen LogP contribution in [0.2, 0.25) is 0 Å². The molecule has 0 unspecified atom stereocenters. The minimum atomic E-state index is -0.252. The smallest absolute Gasteiger partial charge is 0.138 e. The summed E-state index contributed by atoms with van der Waals surface area (Å²) >= 11 is 3.23. The van der Waals surface area contributed by atoms with Gasteiger partial charge in [0.15, 0.2) is 0 Å². The van der Waals surface area contributed by atoms with Crippen LogP contribution in [0.25, 0.3) is 10.9 Å². The number of pyridine rings is 1. The van der Waals surface area contributed by atoms with Gasteiger partial charge in [-0.1, -0.05) is 6.92 Å². The molecule has 0 aliphatic carbocycles. The van der Waals surface area contributed by atoms with E-state index < -0.39 is 0 Å². The van der Waals surface area contributed by atoms with Gasteiger partial charge in [-0.05, 0) is 46.1 Å². The molecule has 0 radical (unpaired) electrons. The van der Waals surface area contributed by atoms with Crippen molar-refractivity contribution in [1.82, 2.24) is 4.98 Å². The second-order valence-corrected chi connectivity index (χ2v) is 4.21. The number of benzene rings is 1. The van der Waals surface area contributed by atoms with Gasteiger partial charge >= 0.3 is 0 Å². The zero-order chi connectivity index (χ0) is 11.0. The summed E-state index contributed by atoms with van der Waals surface area (Å²) in [6.45, 7) is 1.98. The van der Waals surface area contributed by atoms with E-state index in [0.29, 0.717) is 21.2 Å². The highest BCUT2D eigenvalue weighted by Gasteiger charge is 2.07. The van der Waals surface area contributed by atoms with Gasteiger partial charge < -0.3 is 5.73 Å². The van der Waals surface area contributed by atoms with Crippen LogP contribution >= 0.6 is 15.9 Å². The first-order valence-electron chi connectivity index (χ1n) is 4.66. The van der Waals surface area contributed by atoms with Gasteiger partial charge in [-0.15, -0.1) is 0 Å². The predicted octanol–water partition coefficient (Wildman–Crippen LogP) is 3.28. The van der Waals surface area contributed by atoms with Gasteiger partial charge in [0.25, 0.3) is 0 Å². The van der Waals surface area contributed by atoms with Crippen molar-refractivity contribution >= 4 is 32.7 Å². The van der Waals surface area contributed by atoms with Crippen LogP contribution < -0.4 is 5.73 Å². The van der Waals surface area contributed by atoms with E-state index in [1.807, 2.05) is 13.0 Å². The number of halogens is 2. The number of nitrogen functional groups attached to an aromatic ring is 1. The fourth-order valence-electron chi connectivity index (χ4n) is 1.48. The molecule has 2 aromatic rings. The van der Waals surface area contributed by atoms with Gasteiger partial charge in [-0.25, -0.2) is 9.37 Å².